The lowest BCUT2D eigenvalue weighted by molar-refractivity contribution is -0.141. The van der Waals surface area contributed by atoms with Gasteiger partial charge in [0.2, 0.25) is 5.91 Å². The van der Waals surface area contributed by atoms with Gasteiger partial charge in [0.25, 0.3) is 0 Å². The van der Waals surface area contributed by atoms with Crippen LogP contribution >= 0.6 is 0 Å². The van der Waals surface area contributed by atoms with Crippen LogP contribution in [0.1, 0.15) is 32.1 Å². The molecule has 102 valence electrons. The molecule has 0 saturated heterocycles. The van der Waals surface area contributed by atoms with Gasteiger partial charge in [0.1, 0.15) is 0 Å². The molecule has 2 saturated carbocycles. The van der Waals surface area contributed by atoms with E-state index in [1.165, 1.54) is 0 Å². The zero-order valence-electron chi connectivity index (χ0n) is 10.7. The highest BCUT2D eigenvalue weighted by Crippen LogP contribution is 2.33. The minimum atomic E-state index is -0.782. The van der Waals surface area contributed by atoms with E-state index in [2.05, 4.69) is 0 Å². The van der Waals surface area contributed by atoms with Gasteiger partial charge >= 0.3 is 5.97 Å². The largest absolute Gasteiger partial charge is 0.481 e. The van der Waals surface area contributed by atoms with Gasteiger partial charge in [-0.25, -0.2) is 0 Å². The number of aliphatic hydroxyl groups is 1. The van der Waals surface area contributed by atoms with Crippen molar-refractivity contribution in [3.63, 3.8) is 0 Å². The number of hydrogen-bond acceptors (Lipinski definition) is 3. The number of nitrogens with zero attached hydrogens (tertiary/aromatic N) is 1. The second-order valence-electron chi connectivity index (χ2n) is 5.76. The first-order valence-electron chi connectivity index (χ1n) is 6.63. The van der Waals surface area contributed by atoms with Crippen molar-refractivity contribution in [3.05, 3.63) is 0 Å². The lowest BCUT2D eigenvalue weighted by Crippen LogP contribution is -2.41. The van der Waals surface area contributed by atoms with E-state index in [-0.39, 0.29) is 23.8 Å². The van der Waals surface area contributed by atoms with Crippen LogP contribution < -0.4 is 0 Å². The highest BCUT2D eigenvalue weighted by atomic mass is 16.4. The number of amides is 1. The number of aliphatic hydroxyl groups excluding tert-OH is 1. The van der Waals surface area contributed by atoms with Gasteiger partial charge in [-0.2, -0.15) is 0 Å². The Morgan fingerprint density at radius 2 is 1.78 bits per heavy atom. The van der Waals surface area contributed by atoms with Crippen LogP contribution in [0.3, 0.4) is 0 Å². The third-order valence-corrected chi connectivity index (χ3v) is 4.25. The van der Waals surface area contributed by atoms with Gasteiger partial charge in [-0.3, -0.25) is 9.59 Å². The van der Waals surface area contributed by atoms with E-state index < -0.39 is 5.97 Å². The summed E-state index contributed by atoms with van der Waals surface area (Å²) in [5.74, 6) is -0.778. The number of carbonyl (C=O) groups is 2. The van der Waals surface area contributed by atoms with E-state index in [0.717, 1.165) is 12.8 Å². The summed E-state index contributed by atoms with van der Waals surface area (Å²) in [4.78, 5) is 24.7. The molecular formula is C13H21NO4. The normalized spacial score (nSPS) is 35.0. The summed E-state index contributed by atoms with van der Waals surface area (Å²) in [6, 6.07) is 0. The maximum Gasteiger partial charge on any atom is 0.306 e. The molecule has 0 spiro atoms. The van der Waals surface area contributed by atoms with Crippen LogP contribution in [0.2, 0.25) is 0 Å². The highest BCUT2D eigenvalue weighted by molar-refractivity contribution is 5.80. The van der Waals surface area contributed by atoms with Crippen LogP contribution in [0.15, 0.2) is 0 Å². The molecule has 2 atom stereocenters. The molecule has 2 aliphatic rings. The Hall–Kier alpha value is -1.10. The molecule has 5 heteroatoms. The summed E-state index contributed by atoms with van der Waals surface area (Å²) in [5.41, 5.74) is 0. The van der Waals surface area contributed by atoms with E-state index in [9.17, 15) is 14.7 Å². The SMILES string of the molecule is CN(CC1CC(O)C1)C(=O)C1CCC(C(=O)O)C1. The summed E-state index contributed by atoms with van der Waals surface area (Å²) >= 11 is 0. The topological polar surface area (TPSA) is 77.8 Å². The quantitative estimate of drug-likeness (QED) is 0.776. The zero-order valence-corrected chi connectivity index (χ0v) is 10.7. The summed E-state index contributed by atoms with van der Waals surface area (Å²) in [7, 11) is 1.78. The Morgan fingerprint density at radius 3 is 2.28 bits per heavy atom. The summed E-state index contributed by atoms with van der Waals surface area (Å²) in [6.45, 7) is 0.685. The van der Waals surface area contributed by atoms with Crippen molar-refractivity contribution in [1.29, 1.82) is 0 Å². The number of rotatable bonds is 4. The Balaban J connectivity index is 1.78. The molecule has 2 unspecified atom stereocenters. The Morgan fingerprint density at radius 1 is 1.17 bits per heavy atom. The molecule has 1 amide bonds. The predicted molar refractivity (Wildman–Crippen MR) is 64.8 cm³/mol. The van der Waals surface area contributed by atoms with Crippen molar-refractivity contribution in [3.8, 4) is 0 Å². The van der Waals surface area contributed by atoms with E-state index in [1.54, 1.807) is 11.9 Å². The maximum atomic E-state index is 12.1. The van der Waals surface area contributed by atoms with Gasteiger partial charge in [0.15, 0.2) is 0 Å². The monoisotopic (exact) mass is 255 g/mol. The molecule has 0 heterocycles. The van der Waals surface area contributed by atoms with Crippen LogP contribution in [0.25, 0.3) is 0 Å². The fourth-order valence-electron chi connectivity index (χ4n) is 3.07. The lowest BCUT2D eigenvalue weighted by atomic mass is 9.82. The van der Waals surface area contributed by atoms with Crippen LogP contribution in [0.4, 0.5) is 0 Å². The zero-order chi connectivity index (χ0) is 13.3. The van der Waals surface area contributed by atoms with Crippen LogP contribution in [0, 0.1) is 17.8 Å². The number of aliphatic carboxylic acids is 1. The molecule has 0 aromatic carbocycles. The number of carboxylic acid groups (broad SMARTS) is 1. The Bertz CT molecular complexity index is 338. The van der Waals surface area contributed by atoms with Crippen molar-refractivity contribution >= 4 is 11.9 Å². The van der Waals surface area contributed by atoms with Gasteiger partial charge in [-0.1, -0.05) is 0 Å². The molecule has 18 heavy (non-hydrogen) atoms. The number of carboxylic acids is 1. The third kappa shape index (κ3) is 2.83. The van der Waals surface area contributed by atoms with Crippen molar-refractivity contribution in [1.82, 2.24) is 4.90 Å². The number of carbonyl (C=O) groups excluding carboxylic acids is 1. The van der Waals surface area contributed by atoms with Crippen LogP contribution in [-0.4, -0.2) is 46.7 Å². The average Bonchev–Trinajstić information content (AvgIpc) is 2.75. The summed E-state index contributed by atoms with van der Waals surface area (Å²) in [5, 5.41) is 18.1. The average molecular weight is 255 g/mol. The van der Waals surface area contributed by atoms with E-state index >= 15 is 0 Å². The standard InChI is InChI=1S/C13H21NO4/c1-14(7-8-4-11(15)5-8)12(16)9-2-3-10(6-9)13(17)18/h8-11,15H,2-7H2,1H3,(H,17,18). The van der Waals surface area contributed by atoms with Gasteiger partial charge in [0, 0.05) is 19.5 Å². The molecule has 0 aromatic rings. The van der Waals surface area contributed by atoms with Crippen molar-refractivity contribution in [2.45, 2.75) is 38.2 Å². The third-order valence-electron chi connectivity index (χ3n) is 4.25. The molecule has 2 rings (SSSR count). The highest BCUT2D eigenvalue weighted by Gasteiger charge is 2.36. The molecule has 5 nitrogen and oxygen atoms in total. The molecule has 2 N–H and O–H groups in total. The van der Waals surface area contributed by atoms with Crippen molar-refractivity contribution in [2.24, 2.45) is 17.8 Å². The number of hydrogen-bond donors (Lipinski definition) is 2. The molecule has 2 aliphatic carbocycles. The van der Waals surface area contributed by atoms with Crippen LogP contribution in [0.5, 0.6) is 0 Å². The Kier molecular flexibility index (Phi) is 3.90. The van der Waals surface area contributed by atoms with E-state index in [4.69, 9.17) is 5.11 Å². The van der Waals surface area contributed by atoms with Gasteiger partial charge < -0.3 is 15.1 Å². The van der Waals surface area contributed by atoms with E-state index in [1.807, 2.05) is 0 Å². The first-order chi connectivity index (χ1) is 8.47. The van der Waals surface area contributed by atoms with Crippen molar-refractivity contribution < 1.29 is 19.8 Å². The Labute approximate surface area is 107 Å². The molecule has 2 fully saturated rings. The first-order valence-corrected chi connectivity index (χ1v) is 6.63. The molecule has 0 bridgehead atoms. The molecule has 0 aliphatic heterocycles. The van der Waals surface area contributed by atoms with Gasteiger partial charge in [-0.15, -0.1) is 0 Å². The molecule has 0 aromatic heterocycles. The van der Waals surface area contributed by atoms with E-state index in [0.29, 0.717) is 31.7 Å². The van der Waals surface area contributed by atoms with Crippen LogP contribution in [-0.2, 0) is 9.59 Å². The smallest absolute Gasteiger partial charge is 0.306 e. The predicted octanol–water partition coefficient (Wildman–Crippen LogP) is 0.717. The lowest BCUT2D eigenvalue weighted by Gasteiger charge is -2.35. The van der Waals surface area contributed by atoms with Gasteiger partial charge in [0.05, 0.1) is 12.0 Å². The molecule has 0 radical (unpaired) electrons. The minimum Gasteiger partial charge on any atom is -0.481 e. The second kappa shape index (κ2) is 5.26. The first kappa shape index (κ1) is 13.3. The van der Waals surface area contributed by atoms with Crippen molar-refractivity contribution in [2.75, 3.05) is 13.6 Å². The summed E-state index contributed by atoms with van der Waals surface area (Å²) < 4.78 is 0. The fourth-order valence-corrected chi connectivity index (χ4v) is 3.07. The minimum absolute atomic E-state index is 0.0696. The van der Waals surface area contributed by atoms with Gasteiger partial charge in [-0.05, 0) is 38.0 Å². The molecular weight excluding hydrogens is 234 g/mol. The summed E-state index contributed by atoms with van der Waals surface area (Å²) in [6.07, 6.45) is 3.14. The fraction of sp³-hybridized carbons (Fsp3) is 0.846. The maximum absolute atomic E-state index is 12.1. The second-order valence-corrected chi connectivity index (χ2v) is 5.76.